The van der Waals surface area contributed by atoms with Gasteiger partial charge >= 0.3 is 0 Å². The number of rotatable bonds is 6. The van der Waals surface area contributed by atoms with Crippen molar-refractivity contribution in [2.75, 3.05) is 13.2 Å². The molecule has 4 heterocycles. The Kier molecular flexibility index (Phi) is 5.67. The molecule has 35 heavy (non-hydrogen) atoms. The second kappa shape index (κ2) is 8.82. The van der Waals surface area contributed by atoms with E-state index in [4.69, 9.17) is 4.74 Å². The van der Waals surface area contributed by atoms with Gasteiger partial charge in [-0.2, -0.15) is 5.10 Å². The number of carbonyl (C=O) groups is 4. The highest BCUT2D eigenvalue weighted by atomic mass is 16.5. The van der Waals surface area contributed by atoms with Gasteiger partial charge in [0.2, 0.25) is 5.91 Å². The summed E-state index contributed by atoms with van der Waals surface area (Å²) in [4.78, 5) is 55.7. The van der Waals surface area contributed by atoms with Crippen molar-refractivity contribution in [3.8, 4) is 5.75 Å². The van der Waals surface area contributed by atoms with Gasteiger partial charge in [-0.25, -0.2) is 9.50 Å². The van der Waals surface area contributed by atoms with Crippen molar-refractivity contribution in [2.24, 2.45) is 0 Å². The molecule has 0 spiro atoms. The van der Waals surface area contributed by atoms with Crippen LogP contribution in [0.3, 0.4) is 0 Å². The minimum absolute atomic E-state index is 0.00307. The summed E-state index contributed by atoms with van der Waals surface area (Å²) in [5, 5.41) is 9.63. The molecule has 3 aromatic rings. The minimum atomic E-state index is -0.610. The molecule has 11 nitrogen and oxygen atoms in total. The van der Waals surface area contributed by atoms with E-state index in [1.54, 1.807) is 17.0 Å². The van der Waals surface area contributed by atoms with E-state index in [9.17, 15) is 19.2 Å². The standard InChI is InChI=1S/C24H24N6O5/c1-13(2)29-11-18(24(29)34)28-23(33)19-9-17(27-21-5-6-26-30(19)21)22(32)25-10-14-3-4-20-15(7-14)8-16(31)12-35-20/h3-7,9,13,18H,8,10-12H2,1-2H3,(H,25,32)(H,28,33)/t18-/m0/s1. The number of ketones is 1. The van der Waals surface area contributed by atoms with Crippen LogP contribution in [0, 0.1) is 0 Å². The average Bonchev–Trinajstić information content (AvgIpc) is 3.32. The number of nitrogens with zero attached hydrogens (tertiary/aromatic N) is 4. The number of fused-ring (bicyclic) bond motifs is 2. The number of benzene rings is 1. The quantitative estimate of drug-likeness (QED) is 0.495. The number of aromatic nitrogens is 3. The molecule has 0 saturated carbocycles. The Balaban J connectivity index is 1.30. The Morgan fingerprint density at radius 2 is 2.00 bits per heavy atom. The summed E-state index contributed by atoms with van der Waals surface area (Å²) in [5.74, 6) is -0.461. The Morgan fingerprint density at radius 3 is 2.77 bits per heavy atom. The van der Waals surface area contributed by atoms with Gasteiger partial charge < -0.3 is 20.3 Å². The SMILES string of the molecule is CC(C)N1C[C@H](NC(=O)c2cc(C(=O)NCc3ccc4c(c3)CC(=O)CO4)nc3ccnn23)C1=O. The summed E-state index contributed by atoms with van der Waals surface area (Å²) in [6.45, 7) is 4.53. The van der Waals surface area contributed by atoms with Crippen LogP contribution in [-0.2, 0) is 22.6 Å². The fourth-order valence-corrected chi connectivity index (χ4v) is 4.16. The van der Waals surface area contributed by atoms with Crippen LogP contribution in [0.4, 0.5) is 0 Å². The van der Waals surface area contributed by atoms with Crippen LogP contribution in [0.1, 0.15) is 46.0 Å². The van der Waals surface area contributed by atoms with Gasteiger partial charge in [0, 0.05) is 36.7 Å². The molecule has 180 valence electrons. The summed E-state index contributed by atoms with van der Waals surface area (Å²) >= 11 is 0. The number of carbonyl (C=O) groups excluding carboxylic acids is 4. The lowest BCUT2D eigenvalue weighted by Crippen LogP contribution is -2.65. The van der Waals surface area contributed by atoms with Gasteiger partial charge in [0.25, 0.3) is 11.8 Å². The van der Waals surface area contributed by atoms with Gasteiger partial charge in [-0.05, 0) is 31.5 Å². The van der Waals surface area contributed by atoms with E-state index >= 15 is 0 Å². The average molecular weight is 476 g/mol. The van der Waals surface area contributed by atoms with E-state index in [1.165, 1.54) is 16.8 Å². The first-order valence-corrected chi connectivity index (χ1v) is 11.3. The molecule has 11 heteroatoms. The molecule has 2 aromatic heterocycles. The molecule has 1 fully saturated rings. The van der Waals surface area contributed by atoms with Crippen LogP contribution >= 0.6 is 0 Å². The van der Waals surface area contributed by atoms with Crippen molar-refractivity contribution in [2.45, 2.75) is 38.9 Å². The third kappa shape index (κ3) is 4.32. The van der Waals surface area contributed by atoms with Crippen molar-refractivity contribution in [1.29, 1.82) is 0 Å². The normalized spacial score (nSPS) is 17.1. The van der Waals surface area contributed by atoms with Crippen molar-refractivity contribution in [1.82, 2.24) is 30.1 Å². The topological polar surface area (TPSA) is 135 Å². The molecule has 1 atom stereocenters. The summed E-state index contributed by atoms with van der Waals surface area (Å²) in [5.41, 5.74) is 2.06. The number of hydrogen-bond donors (Lipinski definition) is 2. The predicted octanol–water partition coefficient (Wildman–Crippen LogP) is 0.512. The van der Waals surface area contributed by atoms with Gasteiger partial charge in [-0.15, -0.1) is 0 Å². The van der Waals surface area contributed by atoms with Gasteiger partial charge in [-0.3, -0.25) is 19.2 Å². The maximum Gasteiger partial charge on any atom is 0.270 e. The highest BCUT2D eigenvalue weighted by Gasteiger charge is 2.39. The number of amides is 3. The number of Topliss-reactive ketones (excluding diaryl/α,β-unsaturated/α-hetero) is 1. The number of likely N-dealkylation sites (tertiary alicyclic amines) is 1. The van der Waals surface area contributed by atoms with Crippen molar-refractivity contribution in [3.63, 3.8) is 0 Å². The summed E-state index contributed by atoms with van der Waals surface area (Å²) < 4.78 is 6.73. The first kappa shape index (κ1) is 22.5. The lowest BCUT2D eigenvalue weighted by molar-refractivity contribution is -0.145. The van der Waals surface area contributed by atoms with Crippen LogP contribution < -0.4 is 15.4 Å². The lowest BCUT2D eigenvalue weighted by Gasteiger charge is -2.41. The molecule has 0 aliphatic carbocycles. The molecule has 2 aliphatic rings. The molecule has 1 aromatic carbocycles. The van der Waals surface area contributed by atoms with E-state index < -0.39 is 17.9 Å². The molecule has 1 saturated heterocycles. The molecule has 3 amide bonds. The Labute approximate surface area is 200 Å². The predicted molar refractivity (Wildman–Crippen MR) is 123 cm³/mol. The number of ether oxygens (including phenoxy) is 1. The molecule has 0 radical (unpaired) electrons. The van der Waals surface area contributed by atoms with E-state index in [-0.39, 0.29) is 42.3 Å². The van der Waals surface area contributed by atoms with Gasteiger partial charge in [0.1, 0.15) is 29.8 Å². The zero-order valence-electron chi connectivity index (χ0n) is 19.3. The summed E-state index contributed by atoms with van der Waals surface area (Å²) in [7, 11) is 0. The number of hydrogen-bond acceptors (Lipinski definition) is 7. The van der Waals surface area contributed by atoms with E-state index in [2.05, 4.69) is 20.7 Å². The second-order valence-corrected chi connectivity index (χ2v) is 8.87. The summed E-state index contributed by atoms with van der Waals surface area (Å²) in [6, 6.07) is 7.82. The highest BCUT2D eigenvalue weighted by Crippen LogP contribution is 2.24. The van der Waals surface area contributed by atoms with Crippen LogP contribution in [0.15, 0.2) is 36.5 Å². The van der Waals surface area contributed by atoms with E-state index in [0.29, 0.717) is 24.4 Å². The maximum absolute atomic E-state index is 13.0. The second-order valence-electron chi connectivity index (χ2n) is 8.87. The third-order valence-electron chi connectivity index (χ3n) is 6.07. The van der Waals surface area contributed by atoms with Crippen molar-refractivity contribution in [3.05, 3.63) is 59.0 Å². The highest BCUT2D eigenvalue weighted by molar-refractivity contribution is 6.01. The Bertz CT molecular complexity index is 1360. The van der Waals surface area contributed by atoms with Crippen LogP contribution in [0.2, 0.25) is 0 Å². The van der Waals surface area contributed by atoms with Crippen molar-refractivity contribution < 1.29 is 23.9 Å². The van der Waals surface area contributed by atoms with Gasteiger partial charge in [-0.1, -0.05) is 6.07 Å². The fraction of sp³-hybridized carbons (Fsp3) is 0.333. The third-order valence-corrected chi connectivity index (χ3v) is 6.07. The van der Waals surface area contributed by atoms with Crippen LogP contribution in [-0.4, -0.2) is 68.2 Å². The largest absolute Gasteiger partial charge is 0.486 e. The molecule has 5 rings (SSSR count). The lowest BCUT2D eigenvalue weighted by atomic mass is 10.0. The Hall–Kier alpha value is -4.28. The minimum Gasteiger partial charge on any atom is -0.486 e. The monoisotopic (exact) mass is 476 g/mol. The summed E-state index contributed by atoms with van der Waals surface area (Å²) in [6.07, 6.45) is 1.78. The smallest absolute Gasteiger partial charge is 0.270 e. The van der Waals surface area contributed by atoms with E-state index in [1.807, 2.05) is 26.0 Å². The fourth-order valence-electron chi connectivity index (χ4n) is 4.16. The maximum atomic E-state index is 13.0. The molecule has 0 bridgehead atoms. The number of nitrogens with one attached hydrogen (secondary N) is 2. The molecule has 0 unspecified atom stereocenters. The van der Waals surface area contributed by atoms with Crippen molar-refractivity contribution >= 4 is 29.2 Å². The first-order chi connectivity index (χ1) is 16.8. The number of β-lactam (4-membered cyclic amide) rings is 1. The van der Waals surface area contributed by atoms with Gasteiger partial charge in [0.05, 0.1) is 12.7 Å². The molecular weight excluding hydrogens is 452 g/mol. The van der Waals surface area contributed by atoms with Crippen LogP contribution in [0.5, 0.6) is 5.75 Å². The zero-order valence-corrected chi connectivity index (χ0v) is 19.3. The molecule has 2 aliphatic heterocycles. The zero-order chi connectivity index (χ0) is 24.7. The Morgan fingerprint density at radius 1 is 1.17 bits per heavy atom. The van der Waals surface area contributed by atoms with E-state index in [0.717, 1.165) is 11.1 Å². The first-order valence-electron chi connectivity index (χ1n) is 11.3. The molecular formula is C24H24N6O5. The molecule has 2 N–H and O–H groups in total. The van der Waals surface area contributed by atoms with Crippen LogP contribution in [0.25, 0.3) is 5.65 Å². The van der Waals surface area contributed by atoms with Gasteiger partial charge in [0.15, 0.2) is 11.4 Å².